The highest BCUT2D eigenvalue weighted by Crippen LogP contribution is 2.33. The molecule has 1 amide bonds. The summed E-state index contributed by atoms with van der Waals surface area (Å²) < 4.78 is 26.9. The lowest BCUT2D eigenvalue weighted by Gasteiger charge is -2.23. The van der Waals surface area contributed by atoms with Crippen molar-refractivity contribution in [2.75, 3.05) is 18.5 Å². The lowest BCUT2D eigenvalue weighted by Crippen LogP contribution is -2.41. The topological polar surface area (TPSA) is 161 Å². The van der Waals surface area contributed by atoms with Crippen molar-refractivity contribution in [1.82, 2.24) is 9.55 Å². The number of carbonyl (C=O) groups is 4. The predicted octanol–water partition coefficient (Wildman–Crippen LogP) is 0.136. The number of amides is 1. The van der Waals surface area contributed by atoms with Crippen LogP contribution in [0, 0.1) is 0 Å². The summed E-state index contributed by atoms with van der Waals surface area (Å²) in [5.41, 5.74) is -0.855. The highest BCUT2D eigenvalue weighted by atomic mass is 16.7. The molecule has 1 N–H and O–H groups in total. The molecule has 0 radical (unpaired) electrons. The van der Waals surface area contributed by atoms with Gasteiger partial charge in [-0.1, -0.05) is 0 Å². The molecule has 1 aliphatic rings. The molecule has 2 heterocycles. The summed E-state index contributed by atoms with van der Waals surface area (Å²) in [4.78, 5) is 62.2. The van der Waals surface area contributed by atoms with Gasteiger partial charge in [0.25, 0.3) is 0 Å². The van der Waals surface area contributed by atoms with Gasteiger partial charge < -0.3 is 23.7 Å². The standard InChI is InChI=1S/C18H23N3O10/c1-5-27-18(26)20-13-6-7-21(17(25)19-13)16-15(30-11(4)24)14(29-10(3)23)12(31-16)8-28-9(2)22/h6-7,12,14-16H,5,8H2,1-4H3,(H,19,20,25,26). The summed E-state index contributed by atoms with van der Waals surface area (Å²) in [7, 11) is 0. The third-order valence-corrected chi connectivity index (χ3v) is 3.95. The molecule has 13 heteroatoms. The molecular formula is C18H23N3O10. The van der Waals surface area contributed by atoms with Crippen molar-refractivity contribution in [2.45, 2.75) is 52.2 Å². The molecule has 1 aromatic heterocycles. The summed E-state index contributed by atoms with van der Waals surface area (Å²) in [6, 6.07) is 1.30. The summed E-state index contributed by atoms with van der Waals surface area (Å²) in [5.74, 6) is -2.09. The molecule has 0 bridgehead atoms. The van der Waals surface area contributed by atoms with E-state index in [0.717, 1.165) is 18.4 Å². The number of nitrogens with one attached hydrogen (secondary N) is 1. The van der Waals surface area contributed by atoms with Crippen molar-refractivity contribution in [3.05, 3.63) is 22.7 Å². The summed E-state index contributed by atoms with van der Waals surface area (Å²) in [6.07, 6.45) is -4.20. The van der Waals surface area contributed by atoms with Gasteiger partial charge in [-0.15, -0.1) is 0 Å². The van der Waals surface area contributed by atoms with E-state index in [1.807, 2.05) is 0 Å². The van der Waals surface area contributed by atoms with Crippen molar-refractivity contribution >= 4 is 29.8 Å². The quantitative estimate of drug-likeness (QED) is 0.452. The highest BCUT2D eigenvalue weighted by Gasteiger charge is 2.50. The molecule has 170 valence electrons. The molecule has 1 aliphatic heterocycles. The second-order valence-electron chi connectivity index (χ2n) is 6.36. The van der Waals surface area contributed by atoms with E-state index in [0.29, 0.717) is 0 Å². The van der Waals surface area contributed by atoms with E-state index in [4.69, 9.17) is 23.7 Å². The van der Waals surface area contributed by atoms with Crippen LogP contribution in [0.2, 0.25) is 0 Å². The fraction of sp³-hybridized carbons (Fsp3) is 0.556. The van der Waals surface area contributed by atoms with Crippen LogP contribution < -0.4 is 11.0 Å². The molecule has 1 fully saturated rings. The van der Waals surface area contributed by atoms with Crippen LogP contribution in [0.1, 0.15) is 33.9 Å². The first kappa shape index (κ1) is 23.8. The van der Waals surface area contributed by atoms with Crippen molar-refractivity contribution in [1.29, 1.82) is 0 Å². The predicted molar refractivity (Wildman–Crippen MR) is 101 cm³/mol. The number of hydrogen-bond acceptors (Lipinski definition) is 11. The Morgan fingerprint density at radius 2 is 1.71 bits per heavy atom. The van der Waals surface area contributed by atoms with Gasteiger partial charge in [0.15, 0.2) is 18.4 Å². The van der Waals surface area contributed by atoms with Crippen LogP contribution in [0.5, 0.6) is 0 Å². The van der Waals surface area contributed by atoms with Crippen LogP contribution in [0.25, 0.3) is 0 Å². The Labute approximate surface area is 176 Å². The Balaban J connectivity index is 2.35. The number of anilines is 1. The summed E-state index contributed by atoms with van der Waals surface area (Å²) in [5, 5.41) is 2.28. The Kier molecular flexibility index (Phi) is 8.07. The number of nitrogens with zero attached hydrogens (tertiary/aromatic N) is 2. The Morgan fingerprint density at radius 3 is 2.26 bits per heavy atom. The number of aromatic nitrogens is 2. The molecule has 0 spiro atoms. The second kappa shape index (κ2) is 10.5. The van der Waals surface area contributed by atoms with E-state index in [1.165, 1.54) is 19.2 Å². The monoisotopic (exact) mass is 441 g/mol. The zero-order valence-electron chi connectivity index (χ0n) is 17.4. The van der Waals surface area contributed by atoms with Gasteiger partial charge in [-0.05, 0) is 13.0 Å². The average molecular weight is 441 g/mol. The number of carbonyl (C=O) groups excluding carboxylic acids is 4. The maximum Gasteiger partial charge on any atom is 0.412 e. The van der Waals surface area contributed by atoms with Gasteiger partial charge in [-0.2, -0.15) is 4.98 Å². The molecule has 1 saturated heterocycles. The van der Waals surface area contributed by atoms with Crippen molar-refractivity contribution in [3.8, 4) is 0 Å². The zero-order valence-corrected chi connectivity index (χ0v) is 17.4. The molecule has 0 aliphatic carbocycles. The van der Waals surface area contributed by atoms with Crippen LogP contribution in [-0.2, 0) is 38.1 Å². The molecule has 1 aromatic rings. The van der Waals surface area contributed by atoms with E-state index in [9.17, 15) is 24.0 Å². The lowest BCUT2D eigenvalue weighted by atomic mass is 10.1. The molecule has 2 rings (SSSR count). The number of esters is 3. The Hall–Kier alpha value is -3.48. The van der Waals surface area contributed by atoms with Crippen LogP contribution in [-0.4, -0.2) is 65.1 Å². The van der Waals surface area contributed by atoms with Gasteiger partial charge in [-0.25, -0.2) is 9.59 Å². The van der Waals surface area contributed by atoms with Crippen molar-refractivity contribution in [2.24, 2.45) is 0 Å². The second-order valence-corrected chi connectivity index (χ2v) is 6.36. The number of rotatable bonds is 7. The number of hydrogen-bond donors (Lipinski definition) is 1. The molecule has 0 saturated carbocycles. The van der Waals surface area contributed by atoms with Gasteiger partial charge in [-0.3, -0.25) is 24.3 Å². The largest absolute Gasteiger partial charge is 0.463 e. The Bertz CT molecular complexity index is 899. The van der Waals surface area contributed by atoms with Crippen LogP contribution in [0.4, 0.5) is 10.6 Å². The molecule has 4 unspecified atom stereocenters. The molecule has 4 atom stereocenters. The third-order valence-electron chi connectivity index (χ3n) is 3.95. The van der Waals surface area contributed by atoms with E-state index in [-0.39, 0.29) is 19.0 Å². The highest BCUT2D eigenvalue weighted by molar-refractivity contribution is 5.83. The fourth-order valence-electron chi connectivity index (χ4n) is 2.86. The lowest BCUT2D eigenvalue weighted by molar-refractivity contribution is -0.166. The van der Waals surface area contributed by atoms with Crippen LogP contribution >= 0.6 is 0 Å². The van der Waals surface area contributed by atoms with E-state index < -0.39 is 54.2 Å². The average Bonchev–Trinajstić information content (AvgIpc) is 2.96. The Morgan fingerprint density at radius 1 is 1.06 bits per heavy atom. The normalized spacial score (nSPS) is 22.3. The molecule has 13 nitrogen and oxygen atoms in total. The minimum absolute atomic E-state index is 0.0743. The van der Waals surface area contributed by atoms with Gasteiger partial charge in [0.2, 0.25) is 0 Å². The number of ether oxygens (including phenoxy) is 5. The third kappa shape index (κ3) is 6.50. The molecule has 0 aromatic carbocycles. The van der Waals surface area contributed by atoms with E-state index in [1.54, 1.807) is 6.92 Å². The minimum atomic E-state index is -1.24. The van der Waals surface area contributed by atoms with Gasteiger partial charge in [0, 0.05) is 27.0 Å². The van der Waals surface area contributed by atoms with Crippen LogP contribution in [0.3, 0.4) is 0 Å². The molecule has 31 heavy (non-hydrogen) atoms. The van der Waals surface area contributed by atoms with Crippen molar-refractivity contribution < 1.29 is 42.9 Å². The molecular weight excluding hydrogens is 418 g/mol. The first-order valence-corrected chi connectivity index (χ1v) is 9.28. The maximum atomic E-state index is 12.5. The maximum absolute atomic E-state index is 12.5. The van der Waals surface area contributed by atoms with E-state index in [2.05, 4.69) is 10.3 Å². The first-order chi connectivity index (χ1) is 14.6. The first-order valence-electron chi connectivity index (χ1n) is 9.28. The van der Waals surface area contributed by atoms with Crippen molar-refractivity contribution in [3.63, 3.8) is 0 Å². The van der Waals surface area contributed by atoms with Crippen LogP contribution in [0.15, 0.2) is 17.1 Å². The summed E-state index contributed by atoms with van der Waals surface area (Å²) >= 11 is 0. The fourth-order valence-corrected chi connectivity index (χ4v) is 2.86. The van der Waals surface area contributed by atoms with Gasteiger partial charge >= 0.3 is 29.7 Å². The minimum Gasteiger partial charge on any atom is -0.463 e. The summed E-state index contributed by atoms with van der Waals surface area (Å²) in [6.45, 7) is 4.89. The zero-order chi connectivity index (χ0) is 23.1. The van der Waals surface area contributed by atoms with Gasteiger partial charge in [0.1, 0.15) is 18.5 Å². The van der Waals surface area contributed by atoms with E-state index >= 15 is 0 Å². The SMILES string of the molecule is CCOC(=O)Nc1ccn(C2OC(COC(C)=O)C(OC(C)=O)C2OC(C)=O)c(=O)n1. The van der Waals surface area contributed by atoms with Gasteiger partial charge in [0.05, 0.1) is 6.61 Å². The smallest absolute Gasteiger partial charge is 0.412 e.